The highest BCUT2D eigenvalue weighted by Crippen LogP contribution is 2.16. The summed E-state index contributed by atoms with van der Waals surface area (Å²) in [4.78, 5) is 16.2. The number of benzene rings is 1. The van der Waals surface area contributed by atoms with Gasteiger partial charge in [-0.3, -0.25) is 0 Å². The monoisotopic (exact) mass is 320 g/mol. The van der Waals surface area contributed by atoms with E-state index in [2.05, 4.69) is 48.8 Å². The van der Waals surface area contributed by atoms with Crippen molar-refractivity contribution in [3.8, 4) is 0 Å². The van der Waals surface area contributed by atoms with Gasteiger partial charge in [0.2, 0.25) is 0 Å². The third-order valence-electron chi connectivity index (χ3n) is 3.29. The lowest BCUT2D eigenvalue weighted by Gasteiger charge is -2.18. The Morgan fingerprint density at radius 2 is 2.00 bits per heavy atom. The molecule has 0 aliphatic rings. The summed E-state index contributed by atoms with van der Waals surface area (Å²) < 4.78 is 0. The van der Waals surface area contributed by atoms with E-state index in [-0.39, 0.29) is 6.03 Å². The fraction of sp³-hybridized carbons (Fsp3) is 0.312. The first kappa shape index (κ1) is 15.9. The van der Waals surface area contributed by atoms with Gasteiger partial charge in [-0.05, 0) is 47.9 Å². The molecule has 0 fully saturated rings. The van der Waals surface area contributed by atoms with Crippen LogP contribution in [0.3, 0.4) is 0 Å². The predicted molar refractivity (Wildman–Crippen MR) is 91.0 cm³/mol. The second kappa shape index (κ2) is 7.52. The molecular weight excluding hydrogens is 300 g/mol. The number of carbonyl (C=O) groups is 1. The lowest BCUT2D eigenvalue weighted by atomic mass is 10.2. The summed E-state index contributed by atoms with van der Waals surface area (Å²) in [5.74, 6) is 0. The van der Waals surface area contributed by atoms with Gasteiger partial charge in [0.05, 0.1) is 6.54 Å². The molecule has 0 saturated heterocycles. The van der Waals surface area contributed by atoms with Crippen LogP contribution >= 0.6 is 23.1 Å². The fourth-order valence-corrected chi connectivity index (χ4v) is 3.21. The summed E-state index contributed by atoms with van der Waals surface area (Å²) in [5.41, 5.74) is 2.37. The minimum atomic E-state index is -0.0447. The molecule has 0 bridgehead atoms. The van der Waals surface area contributed by atoms with Crippen molar-refractivity contribution in [2.24, 2.45) is 0 Å². The van der Waals surface area contributed by atoms with Gasteiger partial charge in [-0.25, -0.2) is 4.79 Å². The molecule has 1 N–H and O–H groups in total. The number of urea groups is 1. The number of thiophene rings is 1. The van der Waals surface area contributed by atoms with E-state index in [1.54, 1.807) is 28.0 Å². The summed E-state index contributed by atoms with van der Waals surface area (Å²) >= 11 is 3.39. The molecule has 0 aliphatic carbocycles. The summed E-state index contributed by atoms with van der Waals surface area (Å²) in [6.07, 6.45) is 2.06. The van der Waals surface area contributed by atoms with E-state index < -0.39 is 0 Å². The Morgan fingerprint density at radius 1 is 1.29 bits per heavy atom. The third-order valence-corrected chi connectivity index (χ3v) is 5.06. The molecule has 1 aromatic carbocycles. The third kappa shape index (κ3) is 4.51. The van der Waals surface area contributed by atoms with Crippen molar-refractivity contribution >= 4 is 29.1 Å². The lowest BCUT2D eigenvalue weighted by molar-refractivity contribution is 0.206. The highest BCUT2D eigenvalue weighted by molar-refractivity contribution is 7.98. The molecule has 1 heterocycles. The van der Waals surface area contributed by atoms with Crippen LogP contribution in [0.2, 0.25) is 0 Å². The summed E-state index contributed by atoms with van der Waals surface area (Å²) in [6.45, 7) is 3.27. The normalized spacial score (nSPS) is 10.4. The largest absolute Gasteiger partial charge is 0.333 e. The number of amides is 2. The maximum absolute atomic E-state index is 12.1. The van der Waals surface area contributed by atoms with Crippen molar-refractivity contribution in [3.63, 3.8) is 0 Å². The molecule has 21 heavy (non-hydrogen) atoms. The molecule has 1 aromatic heterocycles. The first-order chi connectivity index (χ1) is 10.1. The standard InChI is InChI=1S/C16H20N2OS2/c1-12-8-9-21-15(12)10-17-16(19)18(2)11-13-4-6-14(20-3)7-5-13/h4-9H,10-11H2,1-3H3,(H,17,19). The molecule has 2 rings (SSSR count). The summed E-state index contributed by atoms with van der Waals surface area (Å²) in [6, 6.07) is 10.3. The number of aryl methyl sites for hydroxylation is 1. The van der Waals surface area contributed by atoms with E-state index in [9.17, 15) is 4.79 Å². The average Bonchev–Trinajstić information content (AvgIpc) is 2.90. The molecule has 2 amide bonds. The number of hydrogen-bond acceptors (Lipinski definition) is 3. The van der Waals surface area contributed by atoms with Crippen LogP contribution in [0, 0.1) is 6.92 Å². The smallest absolute Gasteiger partial charge is 0.317 e. The van der Waals surface area contributed by atoms with Crippen LogP contribution in [0.4, 0.5) is 4.79 Å². The maximum Gasteiger partial charge on any atom is 0.317 e. The van der Waals surface area contributed by atoms with E-state index in [0.717, 1.165) is 5.56 Å². The molecule has 0 saturated carbocycles. The minimum absolute atomic E-state index is 0.0447. The molecular formula is C16H20N2OS2. The van der Waals surface area contributed by atoms with E-state index in [4.69, 9.17) is 0 Å². The van der Waals surface area contributed by atoms with Gasteiger partial charge in [0.1, 0.15) is 0 Å². The molecule has 0 spiro atoms. The van der Waals surface area contributed by atoms with Crippen LogP contribution in [0.1, 0.15) is 16.0 Å². The minimum Gasteiger partial charge on any atom is -0.333 e. The van der Waals surface area contributed by atoms with Gasteiger partial charge in [0.25, 0.3) is 0 Å². The van der Waals surface area contributed by atoms with Crippen molar-refractivity contribution in [1.82, 2.24) is 10.2 Å². The number of thioether (sulfide) groups is 1. The zero-order valence-corrected chi connectivity index (χ0v) is 14.2. The quantitative estimate of drug-likeness (QED) is 0.841. The van der Waals surface area contributed by atoms with E-state index in [1.807, 2.05) is 12.4 Å². The second-order valence-corrected chi connectivity index (χ2v) is 6.77. The first-order valence-corrected chi connectivity index (χ1v) is 8.85. The van der Waals surface area contributed by atoms with Gasteiger partial charge >= 0.3 is 6.03 Å². The van der Waals surface area contributed by atoms with E-state index >= 15 is 0 Å². The van der Waals surface area contributed by atoms with Crippen molar-refractivity contribution < 1.29 is 4.79 Å². The number of nitrogens with one attached hydrogen (secondary N) is 1. The second-order valence-electron chi connectivity index (χ2n) is 4.89. The van der Waals surface area contributed by atoms with Gasteiger partial charge in [-0.2, -0.15) is 0 Å². The zero-order valence-electron chi connectivity index (χ0n) is 12.6. The molecule has 0 atom stereocenters. The van der Waals surface area contributed by atoms with E-state index in [0.29, 0.717) is 13.1 Å². The fourth-order valence-electron chi connectivity index (χ4n) is 1.95. The van der Waals surface area contributed by atoms with Crippen LogP contribution in [0.15, 0.2) is 40.6 Å². The molecule has 2 aromatic rings. The van der Waals surface area contributed by atoms with Crippen molar-refractivity contribution in [3.05, 3.63) is 51.7 Å². The molecule has 0 aliphatic heterocycles. The van der Waals surface area contributed by atoms with Gasteiger partial charge in [-0.15, -0.1) is 23.1 Å². The highest BCUT2D eigenvalue weighted by atomic mass is 32.2. The van der Waals surface area contributed by atoms with Crippen LogP contribution in [0.5, 0.6) is 0 Å². The lowest BCUT2D eigenvalue weighted by Crippen LogP contribution is -2.36. The Balaban J connectivity index is 1.85. The Bertz CT molecular complexity index is 593. The molecule has 0 unspecified atom stereocenters. The zero-order chi connectivity index (χ0) is 15.2. The SMILES string of the molecule is CSc1ccc(CN(C)C(=O)NCc2sccc2C)cc1. The van der Waals surface area contributed by atoms with Crippen molar-refractivity contribution in [2.75, 3.05) is 13.3 Å². The van der Waals surface area contributed by atoms with Crippen LogP contribution in [0.25, 0.3) is 0 Å². The van der Waals surface area contributed by atoms with Gasteiger partial charge in [0, 0.05) is 23.4 Å². The predicted octanol–water partition coefficient (Wildman–Crippen LogP) is 4.12. The van der Waals surface area contributed by atoms with Crippen molar-refractivity contribution in [1.29, 1.82) is 0 Å². The number of hydrogen-bond donors (Lipinski definition) is 1. The highest BCUT2D eigenvalue weighted by Gasteiger charge is 2.09. The van der Waals surface area contributed by atoms with Gasteiger partial charge in [0.15, 0.2) is 0 Å². The number of carbonyl (C=O) groups excluding carboxylic acids is 1. The molecule has 112 valence electrons. The summed E-state index contributed by atoms with van der Waals surface area (Å²) in [7, 11) is 1.82. The molecule has 5 heteroatoms. The maximum atomic E-state index is 12.1. The van der Waals surface area contributed by atoms with Crippen molar-refractivity contribution in [2.45, 2.75) is 24.9 Å². The van der Waals surface area contributed by atoms with Crippen LogP contribution in [-0.2, 0) is 13.1 Å². The van der Waals surface area contributed by atoms with Gasteiger partial charge < -0.3 is 10.2 Å². The molecule has 3 nitrogen and oxygen atoms in total. The average molecular weight is 320 g/mol. The molecule has 0 radical (unpaired) electrons. The number of rotatable bonds is 5. The Kier molecular flexibility index (Phi) is 5.70. The topological polar surface area (TPSA) is 32.3 Å². The Hall–Kier alpha value is -1.46. The van der Waals surface area contributed by atoms with Crippen LogP contribution < -0.4 is 5.32 Å². The number of nitrogens with zero attached hydrogens (tertiary/aromatic N) is 1. The Morgan fingerprint density at radius 3 is 2.57 bits per heavy atom. The summed E-state index contributed by atoms with van der Waals surface area (Å²) in [5, 5.41) is 5.01. The van der Waals surface area contributed by atoms with Gasteiger partial charge in [-0.1, -0.05) is 12.1 Å². The first-order valence-electron chi connectivity index (χ1n) is 6.75. The van der Waals surface area contributed by atoms with Crippen LogP contribution in [-0.4, -0.2) is 24.2 Å². The Labute approximate surface area is 134 Å². The van der Waals surface area contributed by atoms with E-state index in [1.165, 1.54) is 15.3 Å².